The van der Waals surface area contributed by atoms with E-state index >= 15 is 0 Å². The van der Waals surface area contributed by atoms with E-state index < -0.39 is 0 Å². The Morgan fingerprint density at radius 1 is 1.09 bits per heavy atom. The Labute approximate surface area is 142 Å². The molecule has 4 heteroatoms. The summed E-state index contributed by atoms with van der Waals surface area (Å²) in [6.07, 6.45) is 0.886. The Morgan fingerprint density at radius 3 is 2.35 bits per heavy atom. The van der Waals surface area contributed by atoms with Gasteiger partial charge in [0.05, 0.1) is 6.04 Å². The normalized spacial score (nSPS) is 12.0. The van der Waals surface area contributed by atoms with E-state index in [2.05, 4.69) is 19.2 Å². The summed E-state index contributed by atoms with van der Waals surface area (Å²) in [5, 5.41) is 3.70. The molecule has 2 aromatic rings. The van der Waals surface area contributed by atoms with Crippen LogP contribution in [-0.4, -0.2) is 12.5 Å². The van der Waals surface area contributed by atoms with Crippen LogP contribution in [0, 0.1) is 5.92 Å². The van der Waals surface area contributed by atoms with Gasteiger partial charge in [-0.15, -0.1) is 0 Å². The highest BCUT2D eigenvalue weighted by Crippen LogP contribution is 2.21. The van der Waals surface area contributed by atoms with Gasteiger partial charge in [-0.05, 0) is 42.2 Å². The fraction of sp³-hybridized carbons (Fsp3) is 0.316. The number of carbonyl (C=O) groups is 1. The van der Waals surface area contributed by atoms with Gasteiger partial charge in [0.1, 0.15) is 5.75 Å². The van der Waals surface area contributed by atoms with Gasteiger partial charge >= 0.3 is 0 Å². The zero-order valence-corrected chi connectivity index (χ0v) is 14.2. The largest absolute Gasteiger partial charge is 0.484 e. The van der Waals surface area contributed by atoms with Crippen molar-refractivity contribution < 1.29 is 9.53 Å². The highest BCUT2D eigenvalue weighted by atomic mass is 35.5. The number of nitrogens with one attached hydrogen (secondary N) is 1. The number of hydrogen-bond acceptors (Lipinski definition) is 2. The summed E-state index contributed by atoms with van der Waals surface area (Å²) in [6.45, 7) is 4.28. The molecule has 0 aliphatic heterocycles. The molecule has 1 N–H and O–H groups in total. The first-order chi connectivity index (χ1) is 11.0. The van der Waals surface area contributed by atoms with E-state index in [4.69, 9.17) is 16.3 Å². The Kier molecular flexibility index (Phi) is 6.48. The summed E-state index contributed by atoms with van der Waals surface area (Å²) in [5.74, 6) is 0.983. The van der Waals surface area contributed by atoms with Gasteiger partial charge in [-0.25, -0.2) is 0 Å². The first-order valence-corrected chi connectivity index (χ1v) is 8.15. The van der Waals surface area contributed by atoms with Crippen LogP contribution in [0.15, 0.2) is 54.6 Å². The van der Waals surface area contributed by atoms with E-state index in [1.807, 2.05) is 30.3 Å². The minimum atomic E-state index is -0.130. The fourth-order valence-corrected chi connectivity index (χ4v) is 2.48. The lowest BCUT2D eigenvalue weighted by atomic mass is 9.97. The molecule has 0 unspecified atom stereocenters. The van der Waals surface area contributed by atoms with Gasteiger partial charge in [-0.3, -0.25) is 4.79 Å². The molecule has 1 amide bonds. The van der Waals surface area contributed by atoms with Crippen LogP contribution in [0.1, 0.15) is 31.9 Å². The van der Waals surface area contributed by atoms with Crippen molar-refractivity contribution in [2.24, 2.45) is 5.92 Å². The first-order valence-electron chi connectivity index (χ1n) is 7.77. The second-order valence-electron chi connectivity index (χ2n) is 5.90. The maximum atomic E-state index is 12.2. The number of rotatable bonds is 7. The van der Waals surface area contributed by atoms with Crippen molar-refractivity contribution in [2.75, 3.05) is 6.61 Å². The maximum Gasteiger partial charge on any atom is 0.258 e. The van der Waals surface area contributed by atoms with Crippen LogP contribution in [0.2, 0.25) is 5.02 Å². The summed E-state index contributed by atoms with van der Waals surface area (Å²) >= 11 is 5.82. The third kappa shape index (κ3) is 5.95. The third-order valence-corrected chi connectivity index (χ3v) is 3.68. The molecule has 122 valence electrons. The summed E-state index contributed by atoms with van der Waals surface area (Å²) in [5.41, 5.74) is 1.11. The number of halogens is 1. The third-order valence-electron chi connectivity index (χ3n) is 3.43. The van der Waals surface area contributed by atoms with Crippen LogP contribution < -0.4 is 10.1 Å². The van der Waals surface area contributed by atoms with E-state index in [1.165, 1.54) is 0 Å². The second kappa shape index (κ2) is 8.59. The minimum Gasteiger partial charge on any atom is -0.484 e. The van der Waals surface area contributed by atoms with Crippen LogP contribution in [-0.2, 0) is 4.79 Å². The molecule has 0 aliphatic rings. The van der Waals surface area contributed by atoms with Gasteiger partial charge in [0, 0.05) is 5.02 Å². The minimum absolute atomic E-state index is 0.00230. The lowest BCUT2D eigenvalue weighted by Gasteiger charge is -2.21. The van der Waals surface area contributed by atoms with Gasteiger partial charge in [0.25, 0.3) is 5.91 Å². The maximum absolute atomic E-state index is 12.2. The molecule has 2 rings (SSSR count). The lowest BCUT2D eigenvalue weighted by molar-refractivity contribution is -0.124. The van der Waals surface area contributed by atoms with E-state index in [9.17, 15) is 4.79 Å². The Bertz CT molecular complexity index is 611. The van der Waals surface area contributed by atoms with Crippen LogP contribution in [0.3, 0.4) is 0 Å². The zero-order valence-electron chi connectivity index (χ0n) is 13.5. The number of carbonyl (C=O) groups excluding carboxylic acids is 1. The van der Waals surface area contributed by atoms with Crippen LogP contribution in [0.5, 0.6) is 5.75 Å². The number of hydrogen-bond donors (Lipinski definition) is 1. The van der Waals surface area contributed by atoms with Crippen molar-refractivity contribution in [3.05, 3.63) is 65.2 Å². The van der Waals surface area contributed by atoms with Gasteiger partial charge in [-0.1, -0.05) is 55.8 Å². The lowest BCUT2D eigenvalue weighted by Crippen LogP contribution is -2.33. The summed E-state index contributed by atoms with van der Waals surface area (Å²) in [4.78, 5) is 12.2. The van der Waals surface area contributed by atoms with Gasteiger partial charge in [0.2, 0.25) is 0 Å². The monoisotopic (exact) mass is 331 g/mol. The fourth-order valence-electron chi connectivity index (χ4n) is 2.35. The standard InChI is InChI=1S/C19H22ClNO2/c1-14(2)12-18(15-6-4-3-5-7-15)21-19(22)13-23-17-10-8-16(20)9-11-17/h3-11,14,18H,12-13H2,1-2H3,(H,21,22)/t18-/m1/s1. The molecule has 2 aromatic carbocycles. The average Bonchev–Trinajstić information content (AvgIpc) is 2.54. The van der Waals surface area contributed by atoms with E-state index in [-0.39, 0.29) is 18.6 Å². The summed E-state index contributed by atoms with van der Waals surface area (Å²) in [7, 11) is 0. The highest BCUT2D eigenvalue weighted by molar-refractivity contribution is 6.30. The molecule has 0 bridgehead atoms. The Hall–Kier alpha value is -2.00. The average molecular weight is 332 g/mol. The van der Waals surface area contributed by atoms with Crippen molar-refractivity contribution in [2.45, 2.75) is 26.3 Å². The Balaban J connectivity index is 1.93. The van der Waals surface area contributed by atoms with Gasteiger partial charge < -0.3 is 10.1 Å². The zero-order chi connectivity index (χ0) is 16.7. The van der Waals surface area contributed by atoms with Crippen molar-refractivity contribution in [1.29, 1.82) is 0 Å². The van der Waals surface area contributed by atoms with Crippen molar-refractivity contribution >= 4 is 17.5 Å². The molecule has 3 nitrogen and oxygen atoms in total. The molecular weight excluding hydrogens is 310 g/mol. The van der Waals surface area contributed by atoms with Gasteiger partial charge in [-0.2, -0.15) is 0 Å². The molecular formula is C19H22ClNO2. The molecule has 1 atom stereocenters. The van der Waals surface area contributed by atoms with E-state index in [0.717, 1.165) is 12.0 Å². The predicted molar refractivity (Wildman–Crippen MR) is 93.7 cm³/mol. The molecule has 0 saturated heterocycles. The Morgan fingerprint density at radius 2 is 1.74 bits per heavy atom. The van der Waals surface area contributed by atoms with Crippen molar-refractivity contribution in [3.8, 4) is 5.75 Å². The number of benzene rings is 2. The molecule has 0 aromatic heterocycles. The molecule has 0 spiro atoms. The van der Waals surface area contributed by atoms with E-state index in [0.29, 0.717) is 16.7 Å². The van der Waals surface area contributed by atoms with Crippen molar-refractivity contribution in [3.63, 3.8) is 0 Å². The van der Waals surface area contributed by atoms with Gasteiger partial charge in [0.15, 0.2) is 6.61 Å². The second-order valence-corrected chi connectivity index (χ2v) is 6.34. The SMILES string of the molecule is CC(C)C[C@@H](NC(=O)COc1ccc(Cl)cc1)c1ccccc1. The quantitative estimate of drug-likeness (QED) is 0.803. The molecule has 0 radical (unpaired) electrons. The van der Waals surface area contributed by atoms with Crippen LogP contribution in [0.4, 0.5) is 0 Å². The van der Waals surface area contributed by atoms with Crippen LogP contribution >= 0.6 is 11.6 Å². The topological polar surface area (TPSA) is 38.3 Å². The molecule has 0 heterocycles. The predicted octanol–water partition coefficient (Wildman–Crippen LogP) is 4.62. The molecule has 0 fully saturated rings. The number of amides is 1. The molecule has 23 heavy (non-hydrogen) atoms. The van der Waals surface area contributed by atoms with E-state index in [1.54, 1.807) is 24.3 Å². The first kappa shape index (κ1) is 17.4. The highest BCUT2D eigenvalue weighted by Gasteiger charge is 2.16. The van der Waals surface area contributed by atoms with Crippen molar-refractivity contribution in [1.82, 2.24) is 5.32 Å². The number of ether oxygens (including phenoxy) is 1. The smallest absolute Gasteiger partial charge is 0.258 e. The summed E-state index contributed by atoms with van der Waals surface area (Å²) in [6, 6.07) is 17.0. The summed E-state index contributed by atoms with van der Waals surface area (Å²) < 4.78 is 5.49. The molecule has 0 aliphatic carbocycles. The molecule has 0 saturated carbocycles. The van der Waals surface area contributed by atoms with Crippen LogP contribution in [0.25, 0.3) is 0 Å².